The molecule has 0 radical (unpaired) electrons. The number of primary amides is 1. The van der Waals surface area contributed by atoms with Crippen LogP contribution in [-0.2, 0) is 13.0 Å². The second kappa shape index (κ2) is 10.5. The molecule has 2 aliphatic rings. The Bertz CT molecular complexity index is 1100. The van der Waals surface area contributed by atoms with Gasteiger partial charge in [-0.15, -0.1) is 24.8 Å². The molecule has 2 aliphatic heterocycles. The van der Waals surface area contributed by atoms with Crippen molar-refractivity contribution in [3.05, 3.63) is 71.5 Å². The maximum atomic E-state index is 12.4. The van der Waals surface area contributed by atoms with Crippen LogP contribution >= 0.6 is 24.8 Å². The third-order valence-electron chi connectivity index (χ3n) is 6.28. The van der Waals surface area contributed by atoms with Crippen LogP contribution in [-0.4, -0.2) is 41.1 Å². The maximum Gasteiger partial charge on any atom is 0.267 e. The first-order valence-corrected chi connectivity index (χ1v) is 10.7. The molecule has 1 atom stereocenters. The lowest BCUT2D eigenvalue weighted by molar-refractivity contribution is 0.0994. The molecule has 7 nitrogen and oxygen atoms in total. The van der Waals surface area contributed by atoms with Gasteiger partial charge >= 0.3 is 0 Å². The van der Waals surface area contributed by atoms with Crippen LogP contribution in [0, 0.1) is 0 Å². The summed E-state index contributed by atoms with van der Waals surface area (Å²) in [5.41, 5.74) is 16.1. The number of para-hydroxylation sites is 1. The van der Waals surface area contributed by atoms with Crippen molar-refractivity contribution < 1.29 is 9.53 Å². The highest BCUT2D eigenvalue weighted by Gasteiger charge is 2.32. The molecule has 33 heavy (non-hydrogen) atoms. The van der Waals surface area contributed by atoms with Crippen molar-refractivity contribution >= 4 is 36.4 Å². The van der Waals surface area contributed by atoms with Crippen LogP contribution in [0.2, 0.25) is 0 Å². The molecule has 0 aliphatic carbocycles. The number of benzene rings is 2. The van der Waals surface area contributed by atoms with E-state index in [1.54, 1.807) is 0 Å². The van der Waals surface area contributed by atoms with Crippen molar-refractivity contribution in [1.29, 1.82) is 0 Å². The van der Waals surface area contributed by atoms with E-state index in [0.717, 1.165) is 67.5 Å². The van der Waals surface area contributed by atoms with E-state index in [1.807, 2.05) is 59.2 Å². The predicted molar refractivity (Wildman–Crippen MR) is 135 cm³/mol. The number of nitrogens with two attached hydrogens (primary N) is 2. The second-order valence-electron chi connectivity index (χ2n) is 8.16. The summed E-state index contributed by atoms with van der Waals surface area (Å²) in [6.45, 7) is 3.74. The number of ether oxygens (including phenoxy) is 1. The van der Waals surface area contributed by atoms with E-state index < -0.39 is 5.91 Å². The van der Waals surface area contributed by atoms with Crippen LogP contribution < -0.4 is 21.5 Å². The first kappa shape index (κ1) is 24.9. The summed E-state index contributed by atoms with van der Waals surface area (Å²) in [7, 11) is 0. The molecule has 9 heteroatoms. The Hall–Kier alpha value is -2.71. The Morgan fingerprint density at radius 2 is 1.73 bits per heavy atom. The van der Waals surface area contributed by atoms with E-state index in [2.05, 4.69) is 10.2 Å². The topological polar surface area (TPSA) is 98.5 Å². The number of carbonyl (C=O) groups excluding carboxylic acids is 1. The van der Waals surface area contributed by atoms with Crippen molar-refractivity contribution in [2.45, 2.75) is 25.4 Å². The molecule has 1 fully saturated rings. The van der Waals surface area contributed by atoms with E-state index in [1.165, 1.54) is 0 Å². The summed E-state index contributed by atoms with van der Waals surface area (Å²) in [5.74, 6) is 0.993. The Morgan fingerprint density at radius 3 is 2.36 bits per heavy atom. The number of fused-ring (bicyclic) bond motifs is 1. The SMILES string of the molecule is Cl.Cl.NC(=O)c1c(N)c2c(n1-c1ccc(Oc3ccccc3)cc1)CCN(C1CCNC1)C2. The number of halogens is 2. The smallest absolute Gasteiger partial charge is 0.267 e. The number of hydrogen-bond acceptors (Lipinski definition) is 5. The van der Waals surface area contributed by atoms with Crippen molar-refractivity contribution in [2.24, 2.45) is 5.73 Å². The summed E-state index contributed by atoms with van der Waals surface area (Å²) >= 11 is 0. The fourth-order valence-corrected chi connectivity index (χ4v) is 4.74. The minimum atomic E-state index is -0.509. The van der Waals surface area contributed by atoms with Crippen molar-refractivity contribution in [2.75, 3.05) is 25.4 Å². The van der Waals surface area contributed by atoms with Gasteiger partial charge in [-0.2, -0.15) is 0 Å². The number of amides is 1. The molecule has 1 aromatic heterocycles. The number of nitrogens with one attached hydrogen (secondary N) is 1. The summed E-state index contributed by atoms with van der Waals surface area (Å²) in [6, 6.07) is 17.8. The van der Waals surface area contributed by atoms with Gasteiger partial charge in [-0.05, 0) is 49.4 Å². The van der Waals surface area contributed by atoms with Gasteiger partial charge in [0.05, 0.1) is 5.69 Å². The third-order valence-corrected chi connectivity index (χ3v) is 6.28. The van der Waals surface area contributed by atoms with Crippen LogP contribution in [0.4, 0.5) is 5.69 Å². The average molecular weight is 490 g/mol. The molecule has 5 N–H and O–H groups in total. The minimum Gasteiger partial charge on any atom is -0.457 e. The maximum absolute atomic E-state index is 12.4. The molecule has 0 spiro atoms. The molecule has 3 heterocycles. The highest BCUT2D eigenvalue weighted by molar-refractivity contribution is 5.98. The van der Waals surface area contributed by atoms with Gasteiger partial charge in [-0.3, -0.25) is 9.69 Å². The Balaban J connectivity index is 0.00000153. The van der Waals surface area contributed by atoms with Gasteiger partial charge in [-0.1, -0.05) is 18.2 Å². The number of aromatic nitrogens is 1. The summed E-state index contributed by atoms with van der Waals surface area (Å²) in [6.07, 6.45) is 1.97. The first-order chi connectivity index (χ1) is 15.1. The zero-order valence-electron chi connectivity index (χ0n) is 18.2. The highest BCUT2D eigenvalue weighted by atomic mass is 35.5. The quantitative estimate of drug-likeness (QED) is 0.509. The van der Waals surface area contributed by atoms with Gasteiger partial charge in [0.25, 0.3) is 5.91 Å². The van der Waals surface area contributed by atoms with Crippen molar-refractivity contribution in [3.63, 3.8) is 0 Å². The lowest BCUT2D eigenvalue weighted by Gasteiger charge is -2.32. The molecule has 3 aromatic rings. The first-order valence-electron chi connectivity index (χ1n) is 10.7. The zero-order valence-corrected chi connectivity index (χ0v) is 19.8. The standard InChI is InChI=1S/C24H27N5O2.2ClH/c25-22-20-15-28(17-10-12-27-14-17)13-11-21(20)29(23(22)24(26)30)16-6-8-19(9-7-16)31-18-4-2-1-3-5-18;;/h1-9,17,27H,10-15,25H2,(H2,26,30);2*1H. The number of anilines is 1. The Kier molecular flexibility index (Phi) is 7.92. The molecule has 0 bridgehead atoms. The van der Waals surface area contributed by atoms with Crippen molar-refractivity contribution in [3.8, 4) is 17.2 Å². The molecular weight excluding hydrogens is 461 g/mol. The number of carbonyl (C=O) groups is 1. The molecule has 1 unspecified atom stereocenters. The minimum absolute atomic E-state index is 0. The fourth-order valence-electron chi connectivity index (χ4n) is 4.74. The van der Waals surface area contributed by atoms with E-state index >= 15 is 0 Å². The highest BCUT2D eigenvalue weighted by Crippen LogP contribution is 2.35. The third kappa shape index (κ3) is 4.82. The molecule has 0 saturated carbocycles. The van der Waals surface area contributed by atoms with Crippen LogP contribution in [0.25, 0.3) is 5.69 Å². The van der Waals surface area contributed by atoms with Gasteiger partial charge in [0.1, 0.15) is 17.2 Å². The van der Waals surface area contributed by atoms with E-state index in [4.69, 9.17) is 16.2 Å². The summed E-state index contributed by atoms with van der Waals surface area (Å²) < 4.78 is 7.83. The molecule has 176 valence electrons. The number of nitrogen functional groups attached to an aromatic ring is 1. The largest absolute Gasteiger partial charge is 0.457 e. The van der Waals surface area contributed by atoms with E-state index in [9.17, 15) is 4.79 Å². The van der Waals surface area contributed by atoms with Crippen LogP contribution in [0.5, 0.6) is 11.5 Å². The predicted octanol–water partition coefficient (Wildman–Crippen LogP) is 3.51. The molecule has 1 saturated heterocycles. The average Bonchev–Trinajstić information content (AvgIpc) is 3.42. The lowest BCUT2D eigenvalue weighted by Crippen LogP contribution is -2.40. The molecule has 2 aromatic carbocycles. The monoisotopic (exact) mass is 489 g/mol. The summed E-state index contributed by atoms with van der Waals surface area (Å²) in [5, 5.41) is 3.43. The fraction of sp³-hybridized carbons (Fsp3) is 0.292. The molecule has 5 rings (SSSR count). The normalized spacial score (nSPS) is 17.5. The number of rotatable bonds is 5. The van der Waals surface area contributed by atoms with Gasteiger partial charge in [0.15, 0.2) is 0 Å². The van der Waals surface area contributed by atoms with E-state index in [-0.39, 0.29) is 24.8 Å². The summed E-state index contributed by atoms with van der Waals surface area (Å²) in [4.78, 5) is 14.8. The number of nitrogens with zero attached hydrogens (tertiary/aromatic N) is 2. The van der Waals surface area contributed by atoms with Gasteiger partial charge in [-0.25, -0.2) is 0 Å². The Labute approximate surface area is 205 Å². The lowest BCUT2D eigenvalue weighted by atomic mass is 10.0. The zero-order chi connectivity index (χ0) is 21.4. The van der Waals surface area contributed by atoms with Gasteiger partial charge < -0.3 is 26.1 Å². The molecule has 1 amide bonds. The van der Waals surface area contributed by atoms with Gasteiger partial charge in [0, 0.05) is 49.0 Å². The molecular formula is C24H29Cl2N5O2. The van der Waals surface area contributed by atoms with E-state index in [0.29, 0.717) is 17.4 Å². The van der Waals surface area contributed by atoms with Crippen LogP contribution in [0.1, 0.15) is 28.2 Å². The van der Waals surface area contributed by atoms with Crippen LogP contribution in [0.15, 0.2) is 54.6 Å². The van der Waals surface area contributed by atoms with Gasteiger partial charge in [0.2, 0.25) is 0 Å². The Morgan fingerprint density at radius 1 is 1.03 bits per heavy atom. The second-order valence-corrected chi connectivity index (χ2v) is 8.16. The van der Waals surface area contributed by atoms with Crippen LogP contribution in [0.3, 0.4) is 0 Å². The number of hydrogen-bond donors (Lipinski definition) is 3. The van der Waals surface area contributed by atoms with Crippen molar-refractivity contribution in [1.82, 2.24) is 14.8 Å².